The van der Waals surface area contributed by atoms with Crippen LogP contribution in [0.2, 0.25) is 0 Å². The van der Waals surface area contributed by atoms with Gasteiger partial charge in [-0.1, -0.05) is 17.3 Å². The Hall–Kier alpha value is -1.73. The van der Waals surface area contributed by atoms with Crippen LogP contribution in [0.5, 0.6) is 0 Å². The van der Waals surface area contributed by atoms with Gasteiger partial charge >= 0.3 is 0 Å². The number of halogens is 1. The van der Waals surface area contributed by atoms with E-state index in [0.29, 0.717) is 11.1 Å². The van der Waals surface area contributed by atoms with Gasteiger partial charge in [0.15, 0.2) is 4.60 Å². The summed E-state index contributed by atoms with van der Waals surface area (Å²) in [5.74, 6) is 0. The molecule has 1 unspecified atom stereocenters. The fourth-order valence-electron chi connectivity index (χ4n) is 2.19. The van der Waals surface area contributed by atoms with E-state index in [-0.39, 0.29) is 6.04 Å². The molecule has 7 heteroatoms. The maximum absolute atomic E-state index is 6.24. The first-order valence-corrected chi connectivity index (χ1v) is 6.66. The van der Waals surface area contributed by atoms with Crippen molar-refractivity contribution in [3.63, 3.8) is 0 Å². The first kappa shape index (κ1) is 12.3. The third-order valence-corrected chi connectivity index (χ3v) is 3.66. The standard InChI is InChI=1S/C12H13BrN6/c1-18-11(12(13)16-17-18)8(14)6-19-7-15-9-4-2-3-5-10(9)19/h2-5,7-8H,6,14H2,1H3. The fraction of sp³-hybridized carbons (Fsp3) is 0.250. The molecule has 0 saturated heterocycles. The Labute approximate surface area is 118 Å². The Kier molecular flexibility index (Phi) is 3.08. The minimum atomic E-state index is -0.202. The van der Waals surface area contributed by atoms with E-state index in [4.69, 9.17) is 5.73 Å². The topological polar surface area (TPSA) is 74.6 Å². The molecule has 0 fully saturated rings. The minimum Gasteiger partial charge on any atom is -0.329 e. The fourth-order valence-corrected chi connectivity index (χ4v) is 2.81. The van der Waals surface area contributed by atoms with Gasteiger partial charge in [0.1, 0.15) is 0 Å². The quantitative estimate of drug-likeness (QED) is 0.795. The lowest BCUT2D eigenvalue weighted by Gasteiger charge is -2.13. The molecule has 3 aromatic rings. The van der Waals surface area contributed by atoms with Crippen molar-refractivity contribution >= 4 is 27.0 Å². The Bertz CT molecular complexity index is 696. The average Bonchev–Trinajstić information content (AvgIpc) is 2.94. The Balaban J connectivity index is 1.93. The van der Waals surface area contributed by atoms with Crippen LogP contribution >= 0.6 is 15.9 Å². The number of hydrogen-bond donors (Lipinski definition) is 1. The highest BCUT2D eigenvalue weighted by Gasteiger charge is 2.17. The maximum Gasteiger partial charge on any atom is 0.153 e. The molecule has 19 heavy (non-hydrogen) atoms. The van der Waals surface area contributed by atoms with Crippen molar-refractivity contribution in [1.82, 2.24) is 24.5 Å². The maximum atomic E-state index is 6.24. The molecule has 98 valence electrons. The van der Waals surface area contributed by atoms with E-state index in [0.717, 1.165) is 16.7 Å². The molecule has 0 saturated carbocycles. The van der Waals surface area contributed by atoms with Crippen molar-refractivity contribution in [3.8, 4) is 0 Å². The van der Waals surface area contributed by atoms with Crippen LogP contribution in [0.1, 0.15) is 11.7 Å². The average molecular weight is 321 g/mol. The van der Waals surface area contributed by atoms with Gasteiger partial charge in [-0.2, -0.15) is 0 Å². The summed E-state index contributed by atoms with van der Waals surface area (Å²) in [5.41, 5.74) is 9.16. The molecule has 2 N–H and O–H groups in total. The molecule has 0 aliphatic rings. The third kappa shape index (κ3) is 2.15. The SMILES string of the molecule is Cn1nnc(Br)c1C(N)Cn1cnc2ccccc21. The summed E-state index contributed by atoms with van der Waals surface area (Å²) in [6, 6.07) is 7.78. The van der Waals surface area contributed by atoms with Gasteiger partial charge in [-0.3, -0.25) is 0 Å². The smallest absolute Gasteiger partial charge is 0.153 e. The van der Waals surface area contributed by atoms with Gasteiger partial charge in [-0.25, -0.2) is 9.67 Å². The van der Waals surface area contributed by atoms with Crippen molar-refractivity contribution in [3.05, 3.63) is 40.9 Å². The van der Waals surface area contributed by atoms with E-state index in [2.05, 4.69) is 31.2 Å². The van der Waals surface area contributed by atoms with Crippen LogP contribution in [0.15, 0.2) is 35.2 Å². The number of benzene rings is 1. The van der Waals surface area contributed by atoms with Crippen LogP contribution < -0.4 is 5.73 Å². The highest BCUT2D eigenvalue weighted by Crippen LogP contribution is 2.21. The highest BCUT2D eigenvalue weighted by atomic mass is 79.9. The Morgan fingerprint density at radius 1 is 1.37 bits per heavy atom. The molecule has 1 atom stereocenters. The molecular formula is C12H13BrN6. The summed E-state index contributed by atoms with van der Waals surface area (Å²) in [7, 11) is 1.83. The second-order valence-corrected chi connectivity index (χ2v) is 5.13. The summed E-state index contributed by atoms with van der Waals surface area (Å²) in [5, 5.41) is 7.90. The first-order chi connectivity index (χ1) is 9.16. The lowest BCUT2D eigenvalue weighted by molar-refractivity contribution is 0.538. The zero-order chi connectivity index (χ0) is 13.4. The number of aromatic nitrogens is 5. The van der Waals surface area contributed by atoms with Crippen LogP contribution in [-0.4, -0.2) is 24.5 Å². The molecule has 3 rings (SSSR count). The van der Waals surface area contributed by atoms with Crippen molar-refractivity contribution < 1.29 is 0 Å². The molecule has 0 amide bonds. The van der Waals surface area contributed by atoms with Crippen LogP contribution in [0.3, 0.4) is 0 Å². The van der Waals surface area contributed by atoms with E-state index < -0.39 is 0 Å². The van der Waals surface area contributed by atoms with Gasteiger partial charge in [0.05, 0.1) is 29.1 Å². The van der Waals surface area contributed by atoms with E-state index >= 15 is 0 Å². The van der Waals surface area contributed by atoms with Crippen molar-refractivity contribution in [2.24, 2.45) is 12.8 Å². The predicted molar refractivity (Wildman–Crippen MR) is 75.4 cm³/mol. The molecular weight excluding hydrogens is 308 g/mol. The van der Waals surface area contributed by atoms with E-state index in [1.807, 2.05) is 42.2 Å². The van der Waals surface area contributed by atoms with E-state index in [1.165, 1.54) is 0 Å². The van der Waals surface area contributed by atoms with Crippen molar-refractivity contribution in [1.29, 1.82) is 0 Å². The molecule has 0 aliphatic carbocycles. The van der Waals surface area contributed by atoms with E-state index in [9.17, 15) is 0 Å². The summed E-state index contributed by atoms with van der Waals surface area (Å²) in [6.45, 7) is 0.625. The summed E-state index contributed by atoms with van der Waals surface area (Å²) < 4.78 is 4.42. The summed E-state index contributed by atoms with van der Waals surface area (Å²) >= 11 is 3.37. The summed E-state index contributed by atoms with van der Waals surface area (Å²) in [4.78, 5) is 4.36. The van der Waals surface area contributed by atoms with Gasteiger partial charge in [0.25, 0.3) is 0 Å². The molecule has 1 aromatic carbocycles. The lowest BCUT2D eigenvalue weighted by Crippen LogP contribution is -2.20. The number of aryl methyl sites for hydroxylation is 1. The number of nitrogens with zero attached hydrogens (tertiary/aromatic N) is 5. The zero-order valence-electron chi connectivity index (χ0n) is 10.4. The van der Waals surface area contributed by atoms with Gasteiger partial charge in [-0.05, 0) is 28.1 Å². The molecule has 2 aromatic heterocycles. The number of fused-ring (bicyclic) bond motifs is 1. The largest absolute Gasteiger partial charge is 0.329 e. The molecule has 0 aliphatic heterocycles. The number of hydrogen-bond acceptors (Lipinski definition) is 4. The van der Waals surface area contributed by atoms with Gasteiger partial charge in [0, 0.05) is 13.6 Å². The Morgan fingerprint density at radius 2 is 2.16 bits per heavy atom. The lowest BCUT2D eigenvalue weighted by atomic mass is 10.2. The molecule has 0 bridgehead atoms. The predicted octanol–water partition coefficient (Wildman–Crippen LogP) is 1.63. The van der Waals surface area contributed by atoms with Crippen molar-refractivity contribution in [2.75, 3.05) is 0 Å². The number of imidazole rings is 1. The minimum absolute atomic E-state index is 0.202. The van der Waals surface area contributed by atoms with E-state index in [1.54, 1.807) is 4.68 Å². The van der Waals surface area contributed by atoms with Gasteiger partial charge < -0.3 is 10.3 Å². The third-order valence-electron chi connectivity index (χ3n) is 3.10. The Morgan fingerprint density at radius 3 is 2.89 bits per heavy atom. The van der Waals surface area contributed by atoms with Gasteiger partial charge in [-0.15, -0.1) is 5.10 Å². The number of nitrogens with two attached hydrogens (primary N) is 1. The second-order valence-electron chi connectivity index (χ2n) is 4.38. The highest BCUT2D eigenvalue weighted by molar-refractivity contribution is 9.10. The molecule has 0 radical (unpaired) electrons. The molecule has 2 heterocycles. The van der Waals surface area contributed by atoms with Crippen LogP contribution in [-0.2, 0) is 13.6 Å². The van der Waals surface area contributed by atoms with Crippen LogP contribution in [0.25, 0.3) is 11.0 Å². The van der Waals surface area contributed by atoms with Crippen molar-refractivity contribution in [2.45, 2.75) is 12.6 Å². The molecule has 6 nitrogen and oxygen atoms in total. The van der Waals surface area contributed by atoms with Gasteiger partial charge in [0.2, 0.25) is 0 Å². The van der Waals surface area contributed by atoms with Crippen LogP contribution in [0, 0.1) is 0 Å². The molecule has 0 spiro atoms. The summed E-state index contributed by atoms with van der Waals surface area (Å²) in [6.07, 6.45) is 1.81. The normalized spacial score (nSPS) is 13.0. The first-order valence-electron chi connectivity index (χ1n) is 5.87. The monoisotopic (exact) mass is 320 g/mol. The number of rotatable bonds is 3. The zero-order valence-corrected chi connectivity index (χ0v) is 11.9. The van der Waals surface area contributed by atoms with Crippen LogP contribution in [0.4, 0.5) is 0 Å². The number of para-hydroxylation sites is 2. The second kappa shape index (κ2) is 4.75.